The fraction of sp³-hybridized carbons (Fsp3) is 0.367. The van der Waals surface area contributed by atoms with Crippen LogP contribution in [0.15, 0.2) is 48.5 Å². The van der Waals surface area contributed by atoms with Crippen molar-refractivity contribution in [2.75, 3.05) is 39.6 Å². The molecule has 1 unspecified atom stereocenters. The van der Waals surface area contributed by atoms with Crippen molar-refractivity contribution in [1.82, 2.24) is 10.2 Å². The Morgan fingerprint density at radius 3 is 2.46 bits per heavy atom. The first-order valence-electron chi connectivity index (χ1n) is 12.7. The molecule has 0 saturated heterocycles. The lowest BCUT2D eigenvalue weighted by molar-refractivity contribution is 0.180. The monoisotopic (exact) mass is 503 g/mol. The first kappa shape index (κ1) is 26.2. The smallest absolute Gasteiger partial charge is 0.318 e. The normalized spacial score (nSPS) is 14.6. The van der Waals surface area contributed by atoms with Gasteiger partial charge in [0.25, 0.3) is 0 Å². The van der Waals surface area contributed by atoms with E-state index in [1.807, 2.05) is 36.1 Å². The third-order valence-electron chi connectivity index (χ3n) is 6.90. The van der Waals surface area contributed by atoms with Gasteiger partial charge in [-0.2, -0.15) is 0 Å². The number of hydrogen-bond donors (Lipinski definition) is 2. The highest BCUT2D eigenvalue weighted by atomic mass is 16.5. The van der Waals surface area contributed by atoms with Gasteiger partial charge in [0.2, 0.25) is 0 Å². The Labute approximate surface area is 219 Å². The summed E-state index contributed by atoms with van der Waals surface area (Å²) in [5, 5.41) is 2.99. The predicted molar refractivity (Wildman–Crippen MR) is 147 cm³/mol. The summed E-state index contributed by atoms with van der Waals surface area (Å²) in [6.45, 7) is 7.78. The molecule has 2 amide bonds. The van der Waals surface area contributed by atoms with Gasteiger partial charge in [-0.05, 0) is 79.3 Å². The number of nitrogen functional groups attached to an aromatic ring is 1. The van der Waals surface area contributed by atoms with Crippen LogP contribution in [0, 0.1) is 13.8 Å². The van der Waals surface area contributed by atoms with Crippen LogP contribution in [0.25, 0.3) is 0 Å². The van der Waals surface area contributed by atoms with E-state index in [0.717, 1.165) is 34.2 Å². The third-order valence-corrected chi connectivity index (χ3v) is 6.90. The molecule has 0 saturated carbocycles. The van der Waals surface area contributed by atoms with Crippen molar-refractivity contribution >= 4 is 11.7 Å². The summed E-state index contributed by atoms with van der Waals surface area (Å²) >= 11 is 0. The summed E-state index contributed by atoms with van der Waals surface area (Å²) < 4.78 is 17.2. The zero-order valence-corrected chi connectivity index (χ0v) is 22.4. The molecule has 37 heavy (non-hydrogen) atoms. The number of nitrogens with one attached hydrogen (secondary N) is 1. The summed E-state index contributed by atoms with van der Waals surface area (Å²) in [4.78, 5) is 15.1. The van der Waals surface area contributed by atoms with Crippen LogP contribution in [0.1, 0.15) is 46.3 Å². The summed E-state index contributed by atoms with van der Waals surface area (Å²) in [5.74, 6) is 2.02. The molecule has 3 aromatic rings. The van der Waals surface area contributed by atoms with Gasteiger partial charge in [-0.25, -0.2) is 4.79 Å². The number of hydrogen-bond acceptors (Lipinski definition) is 5. The van der Waals surface area contributed by atoms with Gasteiger partial charge in [0.15, 0.2) is 11.5 Å². The lowest BCUT2D eigenvalue weighted by atomic mass is 9.85. The Kier molecular flexibility index (Phi) is 8.11. The van der Waals surface area contributed by atoms with Crippen molar-refractivity contribution in [1.29, 1.82) is 0 Å². The number of methoxy groups -OCH3 is 2. The Hall–Kier alpha value is -3.87. The maximum absolute atomic E-state index is 13.1. The van der Waals surface area contributed by atoms with Crippen molar-refractivity contribution in [3.05, 3.63) is 81.9 Å². The molecule has 0 spiro atoms. The number of rotatable bonds is 8. The molecule has 1 aliphatic heterocycles. The summed E-state index contributed by atoms with van der Waals surface area (Å²) in [7, 11) is 3.26. The minimum atomic E-state index is -0.217. The van der Waals surface area contributed by atoms with Crippen LogP contribution in [-0.2, 0) is 12.8 Å². The topological polar surface area (TPSA) is 86.1 Å². The molecular formula is C30H37N3O4. The van der Waals surface area contributed by atoms with Crippen molar-refractivity contribution in [3.63, 3.8) is 0 Å². The fourth-order valence-corrected chi connectivity index (χ4v) is 5.06. The number of benzene rings is 3. The van der Waals surface area contributed by atoms with E-state index in [-0.39, 0.29) is 12.1 Å². The van der Waals surface area contributed by atoms with Crippen LogP contribution in [0.3, 0.4) is 0 Å². The molecule has 3 N–H and O–H groups in total. The maximum Gasteiger partial charge on any atom is 0.318 e. The minimum Gasteiger partial charge on any atom is -0.495 e. The lowest BCUT2D eigenvalue weighted by Gasteiger charge is -2.38. The molecule has 0 fully saturated rings. The van der Waals surface area contributed by atoms with Crippen LogP contribution in [-0.4, -0.2) is 44.8 Å². The first-order chi connectivity index (χ1) is 17.9. The number of fused-ring (bicyclic) bond motifs is 1. The van der Waals surface area contributed by atoms with Gasteiger partial charge in [0.05, 0.1) is 32.6 Å². The van der Waals surface area contributed by atoms with E-state index in [1.54, 1.807) is 14.2 Å². The van der Waals surface area contributed by atoms with Crippen LogP contribution >= 0.6 is 0 Å². The van der Waals surface area contributed by atoms with E-state index >= 15 is 0 Å². The highest BCUT2D eigenvalue weighted by Gasteiger charge is 2.34. The van der Waals surface area contributed by atoms with Crippen LogP contribution in [0.2, 0.25) is 0 Å². The van der Waals surface area contributed by atoms with E-state index in [4.69, 9.17) is 19.9 Å². The second-order valence-electron chi connectivity index (χ2n) is 9.42. The van der Waals surface area contributed by atoms with Crippen LogP contribution in [0.5, 0.6) is 17.2 Å². The van der Waals surface area contributed by atoms with Crippen molar-refractivity contribution in [3.8, 4) is 17.2 Å². The van der Waals surface area contributed by atoms with Crippen molar-refractivity contribution in [2.45, 2.75) is 39.7 Å². The van der Waals surface area contributed by atoms with Gasteiger partial charge in [0, 0.05) is 19.5 Å². The largest absolute Gasteiger partial charge is 0.495 e. The van der Waals surface area contributed by atoms with Gasteiger partial charge < -0.3 is 30.2 Å². The third kappa shape index (κ3) is 5.61. The van der Waals surface area contributed by atoms with Gasteiger partial charge >= 0.3 is 6.03 Å². The lowest BCUT2D eigenvalue weighted by Crippen LogP contribution is -2.46. The summed E-state index contributed by atoms with van der Waals surface area (Å²) in [6, 6.07) is 16.0. The molecule has 7 heteroatoms. The Bertz CT molecular complexity index is 1270. The SMILES string of the molecule is CCNC(=O)N1CCc2cc(OC)c(OCCc3ccc(OC)c(N)c3)cc2C1c1ccc(C)cc1C. The zero-order valence-electron chi connectivity index (χ0n) is 22.4. The zero-order chi connectivity index (χ0) is 26.5. The number of amides is 2. The maximum atomic E-state index is 13.1. The Balaban J connectivity index is 1.67. The van der Waals surface area contributed by atoms with E-state index in [9.17, 15) is 4.79 Å². The highest BCUT2D eigenvalue weighted by Crippen LogP contribution is 2.42. The van der Waals surface area contributed by atoms with Gasteiger partial charge in [0.1, 0.15) is 5.75 Å². The second-order valence-corrected chi connectivity index (χ2v) is 9.42. The molecule has 0 bridgehead atoms. The summed E-state index contributed by atoms with van der Waals surface area (Å²) in [6.07, 6.45) is 1.43. The molecule has 0 aliphatic carbocycles. The number of nitrogens with zero attached hydrogens (tertiary/aromatic N) is 1. The van der Waals surface area contributed by atoms with E-state index < -0.39 is 0 Å². The quantitative estimate of drug-likeness (QED) is 0.413. The molecule has 1 heterocycles. The number of carbonyl (C=O) groups excluding carboxylic acids is 1. The van der Waals surface area contributed by atoms with Gasteiger partial charge in [-0.15, -0.1) is 0 Å². The number of aryl methyl sites for hydroxylation is 2. The molecule has 7 nitrogen and oxygen atoms in total. The summed E-state index contributed by atoms with van der Waals surface area (Å²) in [5.41, 5.74) is 13.4. The van der Waals surface area contributed by atoms with Crippen LogP contribution in [0.4, 0.5) is 10.5 Å². The minimum absolute atomic E-state index is 0.0616. The number of ether oxygens (including phenoxy) is 3. The van der Waals surface area contributed by atoms with E-state index in [0.29, 0.717) is 49.1 Å². The molecule has 0 aromatic heterocycles. The second kappa shape index (κ2) is 11.5. The Morgan fingerprint density at radius 2 is 1.78 bits per heavy atom. The fourth-order valence-electron chi connectivity index (χ4n) is 5.06. The molecule has 0 radical (unpaired) electrons. The van der Waals surface area contributed by atoms with Crippen LogP contribution < -0.4 is 25.3 Å². The molecule has 1 atom stereocenters. The van der Waals surface area contributed by atoms with Crippen molar-refractivity contribution in [2.24, 2.45) is 0 Å². The number of carbonyl (C=O) groups is 1. The standard InChI is InChI=1S/C30H37N3O4/c1-6-32-30(34)33-13-11-22-17-27(36-5)28(37-14-12-21-8-10-26(35-4)25(31)16-21)18-24(22)29(33)23-9-7-19(2)15-20(23)3/h7-10,15-18,29H,6,11-14,31H2,1-5H3,(H,32,34). The molecule has 3 aromatic carbocycles. The molecular weight excluding hydrogens is 466 g/mol. The molecule has 196 valence electrons. The first-order valence-corrected chi connectivity index (χ1v) is 12.7. The van der Waals surface area contributed by atoms with E-state index in [1.165, 1.54) is 5.56 Å². The Morgan fingerprint density at radius 1 is 1.00 bits per heavy atom. The van der Waals surface area contributed by atoms with Gasteiger partial charge in [-0.3, -0.25) is 0 Å². The van der Waals surface area contributed by atoms with Gasteiger partial charge in [-0.1, -0.05) is 29.8 Å². The number of urea groups is 1. The van der Waals surface area contributed by atoms with Crippen molar-refractivity contribution < 1.29 is 19.0 Å². The number of anilines is 1. The predicted octanol–water partition coefficient (Wildman–Crippen LogP) is 5.20. The average Bonchev–Trinajstić information content (AvgIpc) is 2.88. The van der Waals surface area contributed by atoms with E-state index in [2.05, 4.69) is 43.4 Å². The molecule has 4 rings (SSSR count). The average molecular weight is 504 g/mol. The molecule has 1 aliphatic rings. The highest BCUT2D eigenvalue weighted by molar-refractivity contribution is 5.76. The number of nitrogens with two attached hydrogens (primary N) is 1.